The number of fused-ring (bicyclic) bond motifs is 1. The van der Waals surface area contributed by atoms with Gasteiger partial charge in [-0.15, -0.1) is 0 Å². The van der Waals surface area contributed by atoms with Gasteiger partial charge in [0.1, 0.15) is 9.99 Å². The quantitative estimate of drug-likeness (QED) is 0.396. The lowest BCUT2D eigenvalue weighted by molar-refractivity contribution is 0.203. The highest BCUT2D eigenvalue weighted by Crippen LogP contribution is 2.43. The summed E-state index contributed by atoms with van der Waals surface area (Å²) in [6.45, 7) is 1.90. The third kappa shape index (κ3) is 3.81. The van der Waals surface area contributed by atoms with Crippen molar-refractivity contribution in [3.63, 3.8) is 0 Å². The van der Waals surface area contributed by atoms with Crippen LogP contribution in [0, 0.1) is 6.92 Å². The number of aryl methyl sites for hydroxylation is 1. The number of nitrogens with zero attached hydrogens (tertiary/aromatic N) is 2. The first kappa shape index (κ1) is 21.5. The van der Waals surface area contributed by atoms with Gasteiger partial charge < -0.3 is 14.8 Å². The van der Waals surface area contributed by atoms with E-state index in [1.165, 1.54) is 3.59 Å². The minimum absolute atomic E-state index is 0.101. The fraction of sp³-hybridized carbons (Fsp3) is 0.333. The maximum absolute atomic E-state index is 13.0. The Kier molecular flexibility index (Phi) is 6.27. The second kappa shape index (κ2) is 8.77. The number of hydrogen-bond acceptors (Lipinski definition) is 5. The van der Waals surface area contributed by atoms with Crippen LogP contribution in [0.4, 0.5) is 11.4 Å². The Bertz CT molecular complexity index is 1160. The molecule has 1 saturated carbocycles. The fourth-order valence-electron chi connectivity index (χ4n) is 3.75. The van der Waals surface area contributed by atoms with Gasteiger partial charge in [-0.3, -0.25) is 9.78 Å². The third-order valence-corrected chi connectivity index (χ3v) is 6.99. The van der Waals surface area contributed by atoms with Crippen LogP contribution in [0.2, 0.25) is 5.02 Å². The molecule has 1 aliphatic rings. The number of halogens is 3. The summed E-state index contributed by atoms with van der Waals surface area (Å²) in [5, 5.41) is 4.57. The van der Waals surface area contributed by atoms with E-state index in [9.17, 15) is 4.79 Å². The SMILES string of the molecule is COc1ccc2c(Nc3c(C)cncc3Cl)c(Br)c(=O)n(Br)c2c1OC1CCCC1. The number of benzene rings is 1. The summed E-state index contributed by atoms with van der Waals surface area (Å²) in [6.07, 6.45) is 7.63. The Balaban J connectivity index is 1.96. The van der Waals surface area contributed by atoms with E-state index in [-0.39, 0.29) is 11.7 Å². The number of hydrogen-bond donors (Lipinski definition) is 1. The average Bonchev–Trinajstić information content (AvgIpc) is 3.24. The van der Waals surface area contributed by atoms with Gasteiger partial charge in [-0.1, -0.05) is 11.6 Å². The molecular formula is C21H20Br2ClN3O3. The summed E-state index contributed by atoms with van der Waals surface area (Å²) >= 11 is 13.2. The molecule has 0 atom stereocenters. The maximum Gasteiger partial charge on any atom is 0.277 e. The molecule has 158 valence electrons. The van der Waals surface area contributed by atoms with Crippen molar-refractivity contribution >= 4 is 66.0 Å². The standard InChI is InChI=1S/C21H20Br2ClN3O3/c1-11-9-25-10-14(24)17(11)26-18-13-7-8-15(29-2)20(30-12-5-3-4-6-12)19(13)27(23)21(28)16(18)22/h7-10,12H,3-6H2,1-2H3,(H,25,26). The molecule has 1 fully saturated rings. The van der Waals surface area contributed by atoms with Crippen LogP contribution in [0.25, 0.3) is 10.9 Å². The summed E-state index contributed by atoms with van der Waals surface area (Å²) < 4.78 is 13.7. The molecule has 0 bridgehead atoms. The molecule has 0 spiro atoms. The van der Waals surface area contributed by atoms with Gasteiger partial charge in [0.2, 0.25) is 0 Å². The highest BCUT2D eigenvalue weighted by atomic mass is 79.9. The molecule has 3 aromatic rings. The first-order valence-electron chi connectivity index (χ1n) is 9.57. The van der Waals surface area contributed by atoms with Crippen LogP contribution in [0.15, 0.2) is 33.8 Å². The number of ether oxygens (including phenoxy) is 2. The van der Waals surface area contributed by atoms with Gasteiger partial charge in [0.15, 0.2) is 11.5 Å². The average molecular weight is 558 g/mol. The van der Waals surface area contributed by atoms with Gasteiger partial charge >= 0.3 is 0 Å². The first-order valence-corrected chi connectivity index (χ1v) is 11.5. The van der Waals surface area contributed by atoms with Crippen LogP contribution in [-0.2, 0) is 0 Å². The molecule has 0 radical (unpaired) electrons. The summed E-state index contributed by atoms with van der Waals surface area (Å²) in [4.78, 5) is 17.1. The van der Waals surface area contributed by atoms with Crippen LogP contribution in [0.5, 0.6) is 11.5 Å². The molecule has 0 amide bonds. The van der Waals surface area contributed by atoms with Crippen LogP contribution < -0.4 is 20.3 Å². The summed E-state index contributed by atoms with van der Waals surface area (Å²) in [5.74, 6) is 1.12. The largest absolute Gasteiger partial charge is 0.493 e. The van der Waals surface area contributed by atoms with Gasteiger partial charge in [0.05, 0.1) is 45.8 Å². The zero-order chi connectivity index (χ0) is 21.4. The van der Waals surface area contributed by atoms with E-state index in [1.54, 1.807) is 19.5 Å². The minimum Gasteiger partial charge on any atom is -0.493 e. The number of methoxy groups -OCH3 is 1. The minimum atomic E-state index is -0.266. The van der Waals surface area contributed by atoms with Crippen molar-refractivity contribution in [3.8, 4) is 11.5 Å². The second-order valence-corrected chi connectivity index (χ2v) is 9.14. The van der Waals surface area contributed by atoms with Crippen molar-refractivity contribution < 1.29 is 9.47 Å². The molecular weight excluding hydrogens is 538 g/mol. The van der Waals surface area contributed by atoms with Crippen molar-refractivity contribution in [1.29, 1.82) is 0 Å². The van der Waals surface area contributed by atoms with Crippen molar-refractivity contribution in [2.45, 2.75) is 38.7 Å². The van der Waals surface area contributed by atoms with Gasteiger partial charge in [-0.05, 0) is 66.2 Å². The highest BCUT2D eigenvalue weighted by Gasteiger charge is 2.25. The molecule has 2 heterocycles. The van der Waals surface area contributed by atoms with Gasteiger partial charge in [0, 0.05) is 17.8 Å². The Morgan fingerprint density at radius 1 is 1.23 bits per heavy atom. The number of aromatic nitrogens is 2. The summed E-state index contributed by atoms with van der Waals surface area (Å²) in [6, 6.07) is 3.74. The lowest BCUT2D eigenvalue weighted by Crippen LogP contribution is -2.18. The Morgan fingerprint density at radius 3 is 2.63 bits per heavy atom. The fourth-order valence-corrected chi connectivity index (χ4v) is 5.26. The molecule has 1 N–H and O–H groups in total. The predicted octanol–water partition coefficient (Wildman–Crippen LogP) is 6.35. The molecule has 0 aliphatic heterocycles. The zero-order valence-electron chi connectivity index (χ0n) is 16.5. The van der Waals surface area contributed by atoms with Gasteiger partial charge in [-0.2, -0.15) is 0 Å². The van der Waals surface area contributed by atoms with E-state index in [2.05, 4.69) is 42.4 Å². The normalized spacial score (nSPS) is 14.3. The maximum atomic E-state index is 13.0. The lowest BCUT2D eigenvalue weighted by atomic mass is 10.1. The van der Waals surface area contributed by atoms with Crippen molar-refractivity contribution in [1.82, 2.24) is 8.58 Å². The van der Waals surface area contributed by atoms with Gasteiger partial charge in [-0.25, -0.2) is 3.59 Å². The Labute approximate surface area is 196 Å². The summed E-state index contributed by atoms with van der Waals surface area (Å²) in [5.41, 5.74) is 2.48. The molecule has 6 nitrogen and oxygen atoms in total. The van der Waals surface area contributed by atoms with Crippen LogP contribution >= 0.6 is 43.7 Å². The molecule has 0 saturated heterocycles. The van der Waals surface area contributed by atoms with Crippen molar-refractivity contribution in [2.24, 2.45) is 0 Å². The second-order valence-electron chi connectivity index (χ2n) is 7.23. The number of rotatable bonds is 5. The van der Waals surface area contributed by atoms with E-state index in [4.69, 9.17) is 21.1 Å². The first-order chi connectivity index (χ1) is 14.4. The topological polar surface area (TPSA) is 65.4 Å². The van der Waals surface area contributed by atoms with E-state index < -0.39 is 0 Å². The molecule has 30 heavy (non-hydrogen) atoms. The lowest BCUT2D eigenvalue weighted by Gasteiger charge is -2.21. The number of nitrogens with one attached hydrogen (secondary N) is 1. The molecule has 2 aromatic heterocycles. The predicted molar refractivity (Wildman–Crippen MR) is 127 cm³/mol. The summed E-state index contributed by atoms with van der Waals surface area (Å²) in [7, 11) is 1.59. The molecule has 9 heteroatoms. The van der Waals surface area contributed by atoms with Gasteiger partial charge in [0.25, 0.3) is 5.56 Å². The van der Waals surface area contributed by atoms with Crippen LogP contribution in [-0.4, -0.2) is 21.8 Å². The van der Waals surface area contributed by atoms with Crippen LogP contribution in [0.1, 0.15) is 31.2 Å². The number of anilines is 2. The van der Waals surface area contributed by atoms with Crippen molar-refractivity contribution in [2.75, 3.05) is 12.4 Å². The van der Waals surface area contributed by atoms with E-state index in [0.717, 1.165) is 36.6 Å². The Hall–Kier alpha value is -1.77. The van der Waals surface area contributed by atoms with E-state index in [1.807, 2.05) is 19.1 Å². The highest BCUT2D eigenvalue weighted by molar-refractivity contribution is 9.10. The third-order valence-electron chi connectivity index (χ3n) is 5.29. The smallest absolute Gasteiger partial charge is 0.277 e. The van der Waals surface area contributed by atoms with E-state index >= 15 is 0 Å². The molecule has 0 unspecified atom stereocenters. The number of pyridine rings is 2. The van der Waals surface area contributed by atoms with Crippen molar-refractivity contribution in [3.05, 3.63) is 49.9 Å². The molecule has 1 aromatic carbocycles. The zero-order valence-corrected chi connectivity index (χ0v) is 20.4. The Morgan fingerprint density at radius 2 is 1.97 bits per heavy atom. The van der Waals surface area contributed by atoms with E-state index in [0.29, 0.717) is 37.9 Å². The monoisotopic (exact) mass is 555 g/mol. The molecule has 1 aliphatic carbocycles. The molecule has 4 rings (SSSR count). The van der Waals surface area contributed by atoms with Crippen LogP contribution in [0.3, 0.4) is 0 Å².